The number of rotatable bonds is 4. The van der Waals surface area contributed by atoms with E-state index in [2.05, 4.69) is 32.9 Å². The number of halogens is 1. The van der Waals surface area contributed by atoms with Crippen LogP contribution in [-0.4, -0.2) is 18.6 Å². The van der Waals surface area contributed by atoms with E-state index in [1.54, 1.807) is 0 Å². The van der Waals surface area contributed by atoms with Crippen molar-refractivity contribution in [1.82, 2.24) is 4.98 Å². The lowest BCUT2D eigenvalue weighted by Crippen LogP contribution is -2.20. The lowest BCUT2D eigenvalue weighted by atomic mass is 10.2. The fourth-order valence-electron chi connectivity index (χ4n) is 1.80. The van der Waals surface area contributed by atoms with Crippen LogP contribution in [0.15, 0.2) is 47.2 Å². The highest BCUT2D eigenvalue weighted by molar-refractivity contribution is 9.10. The summed E-state index contributed by atoms with van der Waals surface area (Å²) in [6.45, 7) is 0.951. The van der Waals surface area contributed by atoms with E-state index in [0.29, 0.717) is 0 Å². The summed E-state index contributed by atoms with van der Waals surface area (Å²) in [5.74, 6) is 0. The third-order valence-electron chi connectivity index (χ3n) is 2.87. The molecule has 0 spiro atoms. The van der Waals surface area contributed by atoms with Crippen molar-refractivity contribution >= 4 is 27.3 Å². The molecule has 1 heterocycles. The van der Waals surface area contributed by atoms with Gasteiger partial charge in [0, 0.05) is 36.1 Å². The molecule has 0 bridgehead atoms. The van der Waals surface area contributed by atoms with Gasteiger partial charge in [-0.25, -0.2) is 0 Å². The lowest BCUT2D eigenvalue weighted by Gasteiger charge is -2.21. The number of aromatic nitrogens is 1. The van der Waals surface area contributed by atoms with Crippen molar-refractivity contribution in [2.24, 2.45) is 0 Å². The molecule has 4 heteroatoms. The highest BCUT2D eigenvalue weighted by atomic mass is 79.9. The Kier molecular flexibility index (Phi) is 4.20. The smallest absolute Gasteiger partial charge is 0.0509 e. The van der Waals surface area contributed by atoms with Crippen LogP contribution in [0.25, 0.3) is 0 Å². The van der Waals surface area contributed by atoms with E-state index in [1.165, 1.54) is 5.56 Å². The summed E-state index contributed by atoms with van der Waals surface area (Å²) in [5.41, 5.74) is 8.95. The predicted octanol–water partition coefficient (Wildman–Crippen LogP) is 3.11. The van der Waals surface area contributed by atoms with Gasteiger partial charge in [0.05, 0.1) is 5.69 Å². The van der Waals surface area contributed by atoms with Crippen molar-refractivity contribution in [3.63, 3.8) is 0 Å². The number of nitrogen functional groups attached to an aromatic ring is 1. The third-order valence-corrected chi connectivity index (χ3v) is 3.50. The first kappa shape index (κ1) is 12.9. The minimum atomic E-state index is 0.771. The summed E-state index contributed by atoms with van der Waals surface area (Å²) in [6, 6.07) is 9.98. The van der Waals surface area contributed by atoms with E-state index < -0.39 is 0 Å². The summed E-state index contributed by atoms with van der Waals surface area (Å²) >= 11 is 3.54. The molecule has 0 amide bonds. The zero-order chi connectivity index (χ0) is 13.0. The van der Waals surface area contributed by atoms with Crippen LogP contribution in [0.1, 0.15) is 5.56 Å². The van der Waals surface area contributed by atoms with Crippen molar-refractivity contribution < 1.29 is 0 Å². The number of nitrogens with two attached hydrogens (primary N) is 1. The zero-order valence-corrected chi connectivity index (χ0v) is 11.9. The molecule has 0 aliphatic carbocycles. The van der Waals surface area contributed by atoms with Crippen molar-refractivity contribution in [3.8, 4) is 0 Å². The normalized spacial score (nSPS) is 10.3. The van der Waals surface area contributed by atoms with E-state index in [4.69, 9.17) is 5.73 Å². The molecule has 2 aromatic rings. The average Bonchev–Trinajstić information content (AvgIpc) is 2.37. The van der Waals surface area contributed by atoms with E-state index in [0.717, 1.165) is 28.8 Å². The van der Waals surface area contributed by atoms with Gasteiger partial charge in [0.25, 0.3) is 0 Å². The van der Waals surface area contributed by atoms with Crippen LogP contribution in [0, 0.1) is 0 Å². The first-order valence-corrected chi connectivity index (χ1v) is 6.61. The van der Waals surface area contributed by atoms with Crippen LogP contribution in [0.4, 0.5) is 11.4 Å². The maximum Gasteiger partial charge on any atom is 0.0509 e. The molecular weight excluding hydrogens is 290 g/mol. The Morgan fingerprint density at radius 1 is 1.22 bits per heavy atom. The molecule has 0 fully saturated rings. The van der Waals surface area contributed by atoms with E-state index in [-0.39, 0.29) is 0 Å². The van der Waals surface area contributed by atoms with Crippen LogP contribution >= 0.6 is 15.9 Å². The van der Waals surface area contributed by atoms with Crippen LogP contribution in [0.5, 0.6) is 0 Å². The summed E-state index contributed by atoms with van der Waals surface area (Å²) < 4.78 is 1.03. The van der Waals surface area contributed by atoms with Crippen LogP contribution in [-0.2, 0) is 6.42 Å². The first-order valence-electron chi connectivity index (χ1n) is 5.82. The monoisotopic (exact) mass is 305 g/mol. The Hall–Kier alpha value is -1.55. The molecule has 94 valence electrons. The van der Waals surface area contributed by atoms with Gasteiger partial charge in [-0.2, -0.15) is 0 Å². The van der Waals surface area contributed by atoms with Gasteiger partial charge in [-0.05, 0) is 58.2 Å². The molecule has 0 saturated carbocycles. The average molecular weight is 306 g/mol. The minimum absolute atomic E-state index is 0.771. The topological polar surface area (TPSA) is 42.2 Å². The molecule has 0 radical (unpaired) electrons. The number of benzene rings is 1. The van der Waals surface area contributed by atoms with E-state index >= 15 is 0 Å². The molecule has 1 aromatic heterocycles. The molecule has 2 rings (SSSR count). The number of likely N-dealkylation sites (N-methyl/N-ethyl adjacent to an activating group) is 1. The molecule has 18 heavy (non-hydrogen) atoms. The number of hydrogen-bond donors (Lipinski definition) is 1. The maximum absolute atomic E-state index is 5.74. The summed E-state index contributed by atoms with van der Waals surface area (Å²) in [4.78, 5) is 6.23. The Labute approximate surface area is 116 Å². The second-order valence-corrected chi connectivity index (χ2v) is 5.09. The van der Waals surface area contributed by atoms with Crippen molar-refractivity contribution in [2.75, 3.05) is 24.2 Å². The first-order chi connectivity index (χ1) is 8.66. The Bertz CT molecular complexity index is 514. The molecule has 0 atom stereocenters. The van der Waals surface area contributed by atoms with Gasteiger partial charge in [-0.15, -0.1) is 0 Å². The molecule has 0 aliphatic rings. The van der Waals surface area contributed by atoms with E-state index in [9.17, 15) is 0 Å². The SMILES string of the molecule is CN(CCc1ccncc1)c1ccc(N)cc1Br. The van der Waals surface area contributed by atoms with Crippen LogP contribution < -0.4 is 10.6 Å². The van der Waals surface area contributed by atoms with Gasteiger partial charge >= 0.3 is 0 Å². The van der Waals surface area contributed by atoms with Gasteiger partial charge in [0.15, 0.2) is 0 Å². The van der Waals surface area contributed by atoms with Gasteiger partial charge < -0.3 is 10.6 Å². The van der Waals surface area contributed by atoms with Gasteiger partial charge in [0.2, 0.25) is 0 Å². The molecule has 0 aliphatic heterocycles. The predicted molar refractivity (Wildman–Crippen MR) is 79.8 cm³/mol. The summed E-state index contributed by atoms with van der Waals surface area (Å²) in [6.07, 6.45) is 4.65. The number of hydrogen-bond acceptors (Lipinski definition) is 3. The Morgan fingerprint density at radius 2 is 1.94 bits per heavy atom. The fourth-order valence-corrected chi connectivity index (χ4v) is 2.50. The van der Waals surface area contributed by atoms with Gasteiger partial charge in [0.1, 0.15) is 0 Å². The highest BCUT2D eigenvalue weighted by Crippen LogP contribution is 2.27. The molecule has 0 unspecified atom stereocenters. The van der Waals surface area contributed by atoms with Crippen LogP contribution in [0.3, 0.4) is 0 Å². The molecule has 0 saturated heterocycles. The van der Waals surface area contributed by atoms with Gasteiger partial charge in [-0.1, -0.05) is 0 Å². The van der Waals surface area contributed by atoms with Crippen molar-refractivity contribution in [2.45, 2.75) is 6.42 Å². The maximum atomic E-state index is 5.74. The second kappa shape index (κ2) is 5.87. The number of anilines is 2. The highest BCUT2D eigenvalue weighted by Gasteiger charge is 2.06. The zero-order valence-electron chi connectivity index (χ0n) is 10.3. The quantitative estimate of drug-likeness (QED) is 0.883. The van der Waals surface area contributed by atoms with E-state index in [1.807, 2.05) is 42.7 Å². The summed E-state index contributed by atoms with van der Waals surface area (Å²) in [5, 5.41) is 0. The molecule has 1 aromatic carbocycles. The molecule has 3 nitrogen and oxygen atoms in total. The van der Waals surface area contributed by atoms with Crippen molar-refractivity contribution in [1.29, 1.82) is 0 Å². The number of nitrogens with zero attached hydrogens (tertiary/aromatic N) is 2. The lowest BCUT2D eigenvalue weighted by molar-refractivity contribution is 0.873. The molecule has 2 N–H and O–H groups in total. The van der Waals surface area contributed by atoms with Gasteiger partial charge in [-0.3, -0.25) is 4.98 Å². The van der Waals surface area contributed by atoms with Crippen LogP contribution in [0.2, 0.25) is 0 Å². The largest absolute Gasteiger partial charge is 0.399 e. The molecular formula is C14H16BrN3. The van der Waals surface area contributed by atoms with Crippen molar-refractivity contribution in [3.05, 3.63) is 52.8 Å². The third kappa shape index (κ3) is 3.23. The minimum Gasteiger partial charge on any atom is -0.399 e. The Balaban J connectivity index is 2.01. The number of pyridine rings is 1. The Morgan fingerprint density at radius 3 is 2.61 bits per heavy atom. The fraction of sp³-hybridized carbons (Fsp3) is 0.214. The second-order valence-electron chi connectivity index (χ2n) is 4.24. The summed E-state index contributed by atoms with van der Waals surface area (Å²) in [7, 11) is 2.08. The standard InChI is InChI=1S/C14H16BrN3/c1-18(9-6-11-4-7-17-8-5-11)14-3-2-12(16)10-13(14)15/h2-5,7-8,10H,6,9,16H2,1H3.